The highest BCUT2D eigenvalue weighted by Gasteiger charge is 2.31. The van der Waals surface area contributed by atoms with E-state index in [0.29, 0.717) is 10.9 Å². The molecule has 11 heteroatoms. The number of nitrogens with zero attached hydrogens (tertiary/aromatic N) is 1. The third-order valence-electron chi connectivity index (χ3n) is 6.18. The molecule has 8 nitrogen and oxygen atoms in total. The highest BCUT2D eigenvalue weighted by Crippen LogP contribution is 2.32. The van der Waals surface area contributed by atoms with Gasteiger partial charge in [-0.1, -0.05) is 43.3 Å². The highest BCUT2D eigenvalue weighted by atomic mass is 32.2. The van der Waals surface area contributed by atoms with Crippen LogP contribution in [-0.4, -0.2) is 29.9 Å². The van der Waals surface area contributed by atoms with E-state index in [0.717, 1.165) is 10.0 Å². The molecule has 3 aromatic carbocycles. The third-order valence-corrected chi connectivity index (χ3v) is 7.88. The average Bonchev–Trinajstić information content (AvgIpc) is 3.33. The summed E-state index contributed by atoms with van der Waals surface area (Å²) < 4.78 is 55.6. The normalized spacial score (nSPS) is 12.6. The first-order valence-electron chi connectivity index (χ1n) is 12.0. The van der Waals surface area contributed by atoms with Crippen LogP contribution in [0.15, 0.2) is 90.0 Å². The van der Waals surface area contributed by atoms with Gasteiger partial charge < -0.3 is 16.0 Å². The molecule has 3 N–H and O–H groups in total. The van der Waals surface area contributed by atoms with Crippen LogP contribution in [0.4, 0.5) is 20.2 Å². The number of hydrogen-bond acceptors (Lipinski definition) is 5. The fourth-order valence-corrected chi connectivity index (χ4v) is 5.43. The van der Waals surface area contributed by atoms with Crippen molar-refractivity contribution >= 4 is 49.8 Å². The van der Waals surface area contributed by atoms with Crippen LogP contribution in [0.3, 0.4) is 0 Å². The summed E-state index contributed by atoms with van der Waals surface area (Å²) in [5.41, 5.74) is 0.0283. The van der Waals surface area contributed by atoms with Crippen LogP contribution in [0.5, 0.6) is 0 Å². The van der Waals surface area contributed by atoms with Crippen molar-refractivity contribution < 1.29 is 26.8 Å². The van der Waals surface area contributed by atoms with Crippen LogP contribution in [0, 0.1) is 11.3 Å². The van der Waals surface area contributed by atoms with Crippen LogP contribution in [0.2, 0.25) is 0 Å². The number of anilines is 2. The van der Waals surface area contributed by atoms with E-state index >= 15 is 0 Å². The maximum absolute atomic E-state index is 14.1. The van der Waals surface area contributed by atoms with E-state index in [1.165, 1.54) is 56.4 Å². The molecular weight excluding hydrogens is 526 g/mol. The monoisotopic (exact) mass is 552 g/mol. The van der Waals surface area contributed by atoms with Gasteiger partial charge >= 0.3 is 0 Å². The molecule has 0 saturated carbocycles. The van der Waals surface area contributed by atoms with E-state index in [9.17, 15) is 26.8 Å². The summed E-state index contributed by atoms with van der Waals surface area (Å²) in [6, 6.07) is 19.3. The number of carbonyl (C=O) groups excluding carboxylic acids is 2. The standard InChI is InChI=1S/C28H26F2N4O4S/c1-3-28(29,30)20-8-7-9-21(16-20)32-26(35)25(18(2)31)27(36)33-22-13-12-19-14-15-34(24(19)17-22)39(37,38)23-10-5-4-6-11-23/h4-17,25,31H,3H2,1-2H3,(H,32,35)(H,33,36). The lowest BCUT2D eigenvalue weighted by molar-refractivity contribution is -0.126. The number of amides is 2. The minimum absolute atomic E-state index is 0.0649. The zero-order valence-corrected chi connectivity index (χ0v) is 21.9. The molecule has 0 aliphatic rings. The average molecular weight is 553 g/mol. The number of nitrogens with one attached hydrogen (secondary N) is 3. The Morgan fingerprint density at radius 2 is 1.56 bits per heavy atom. The lowest BCUT2D eigenvalue weighted by atomic mass is 10.0. The maximum atomic E-state index is 14.1. The Balaban J connectivity index is 1.58. The van der Waals surface area contributed by atoms with Gasteiger partial charge in [0.05, 0.1) is 10.4 Å². The Bertz CT molecular complexity index is 1670. The zero-order valence-electron chi connectivity index (χ0n) is 21.1. The van der Waals surface area contributed by atoms with Crippen LogP contribution in [0.1, 0.15) is 25.8 Å². The molecule has 0 aliphatic heterocycles. The number of fused-ring (bicyclic) bond motifs is 1. The number of benzene rings is 3. The Labute approximate surface area is 224 Å². The van der Waals surface area contributed by atoms with Crippen molar-refractivity contribution in [3.8, 4) is 0 Å². The molecule has 1 atom stereocenters. The molecule has 0 radical (unpaired) electrons. The molecule has 202 valence electrons. The first-order valence-corrected chi connectivity index (χ1v) is 13.4. The lowest BCUT2D eigenvalue weighted by Crippen LogP contribution is -2.38. The second kappa shape index (κ2) is 10.8. The third kappa shape index (κ3) is 5.73. The molecule has 2 amide bonds. The quantitative estimate of drug-likeness (QED) is 0.185. The van der Waals surface area contributed by atoms with E-state index in [4.69, 9.17) is 5.41 Å². The van der Waals surface area contributed by atoms with Gasteiger partial charge in [0.2, 0.25) is 11.8 Å². The van der Waals surface area contributed by atoms with Crippen molar-refractivity contribution in [2.45, 2.75) is 31.1 Å². The largest absolute Gasteiger partial charge is 0.325 e. The van der Waals surface area contributed by atoms with Gasteiger partial charge in [-0.25, -0.2) is 21.2 Å². The molecule has 0 spiro atoms. The fourth-order valence-electron chi connectivity index (χ4n) is 4.07. The molecule has 0 fully saturated rings. The number of rotatable bonds is 9. The summed E-state index contributed by atoms with van der Waals surface area (Å²) in [6.07, 6.45) is 0.988. The Kier molecular flexibility index (Phi) is 7.64. The van der Waals surface area contributed by atoms with Gasteiger partial charge in [-0.2, -0.15) is 0 Å². The zero-order chi connectivity index (χ0) is 28.4. The molecule has 0 bridgehead atoms. The number of halogens is 2. The van der Waals surface area contributed by atoms with Crippen LogP contribution >= 0.6 is 0 Å². The van der Waals surface area contributed by atoms with Crippen molar-refractivity contribution in [1.82, 2.24) is 3.97 Å². The van der Waals surface area contributed by atoms with Gasteiger partial charge in [-0.15, -0.1) is 0 Å². The molecule has 0 aliphatic carbocycles. The predicted molar refractivity (Wildman–Crippen MR) is 146 cm³/mol. The number of hydrogen-bond donors (Lipinski definition) is 3. The van der Waals surface area contributed by atoms with E-state index in [2.05, 4.69) is 10.6 Å². The summed E-state index contributed by atoms with van der Waals surface area (Å²) in [7, 11) is -3.91. The topological polar surface area (TPSA) is 121 Å². The number of aromatic nitrogens is 1. The second-order valence-corrected chi connectivity index (χ2v) is 10.8. The van der Waals surface area contributed by atoms with Crippen LogP contribution in [0.25, 0.3) is 10.9 Å². The van der Waals surface area contributed by atoms with E-state index in [-0.39, 0.29) is 27.5 Å². The molecule has 4 aromatic rings. The predicted octanol–water partition coefficient (Wildman–Crippen LogP) is 5.61. The Morgan fingerprint density at radius 3 is 2.18 bits per heavy atom. The van der Waals surface area contributed by atoms with Crippen LogP contribution < -0.4 is 10.6 Å². The second-order valence-electron chi connectivity index (χ2n) is 8.94. The Morgan fingerprint density at radius 1 is 0.923 bits per heavy atom. The summed E-state index contributed by atoms with van der Waals surface area (Å²) in [5.74, 6) is -6.35. The molecule has 1 unspecified atom stereocenters. The van der Waals surface area contributed by atoms with Crippen molar-refractivity contribution in [3.05, 3.63) is 90.6 Å². The number of alkyl halides is 2. The molecule has 39 heavy (non-hydrogen) atoms. The minimum atomic E-state index is -3.91. The fraction of sp³-hybridized carbons (Fsp3) is 0.179. The lowest BCUT2D eigenvalue weighted by Gasteiger charge is -2.18. The van der Waals surface area contributed by atoms with Crippen molar-refractivity contribution in [1.29, 1.82) is 5.41 Å². The highest BCUT2D eigenvalue weighted by molar-refractivity contribution is 7.90. The smallest absolute Gasteiger partial charge is 0.273 e. The Hall–Kier alpha value is -4.38. The molecule has 1 heterocycles. The van der Waals surface area contributed by atoms with Crippen molar-refractivity contribution in [2.75, 3.05) is 10.6 Å². The van der Waals surface area contributed by atoms with Gasteiger partial charge in [-0.05, 0) is 49.4 Å². The first kappa shape index (κ1) is 27.6. The SMILES string of the molecule is CCC(F)(F)c1cccc(NC(=O)C(C(C)=N)C(=O)Nc2ccc3ccn(S(=O)(=O)c4ccccc4)c3c2)c1. The summed E-state index contributed by atoms with van der Waals surface area (Å²) in [4.78, 5) is 26.1. The molecular formula is C28H26F2N4O4S. The van der Waals surface area contributed by atoms with E-state index < -0.39 is 40.1 Å². The van der Waals surface area contributed by atoms with Gasteiger partial charge in [0.25, 0.3) is 15.9 Å². The van der Waals surface area contributed by atoms with E-state index in [1.54, 1.807) is 36.4 Å². The van der Waals surface area contributed by atoms with Gasteiger partial charge in [-0.3, -0.25) is 9.59 Å². The van der Waals surface area contributed by atoms with Gasteiger partial charge in [0, 0.05) is 40.7 Å². The van der Waals surface area contributed by atoms with Crippen LogP contribution in [-0.2, 0) is 25.5 Å². The maximum Gasteiger partial charge on any atom is 0.273 e. The number of carbonyl (C=O) groups is 2. The van der Waals surface area contributed by atoms with Gasteiger partial charge in [0.15, 0.2) is 5.92 Å². The molecule has 0 saturated heterocycles. The van der Waals surface area contributed by atoms with Crippen molar-refractivity contribution in [2.24, 2.45) is 5.92 Å². The summed E-state index contributed by atoms with van der Waals surface area (Å²) in [5, 5.41) is 13.6. The summed E-state index contributed by atoms with van der Waals surface area (Å²) >= 11 is 0. The first-order chi connectivity index (χ1) is 18.4. The van der Waals surface area contributed by atoms with E-state index in [1.807, 2.05) is 0 Å². The van der Waals surface area contributed by atoms with Crippen molar-refractivity contribution in [3.63, 3.8) is 0 Å². The molecule has 4 rings (SSSR count). The molecule has 1 aromatic heterocycles. The summed E-state index contributed by atoms with van der Waals surface area (Å²) in [6.45, 7) is 2.63. The minimum Gasteiger partial charge on any atom is -0.325 e. The van der Waals surface area contributed by atoms with Gasteiger partial charge in [0.1, 0.15) is 0 Å².